The van der Waals surface area contributed by atoms with Gasteiger partial charge in [0.2, 0.25) is 0 Å². The predicted octanol–water partition coefficient (Wildman–Crippen LogP) is 6.14. The lowest BCUT2D eigenvalue weighted by Gasteiger charge is -2.15. The van der Waals surface area contributed by atoms with Crippen molar-refractivity contribution in [2.45, 2.75) is 34.1 Å². The molecule has 1 N–H and O–H groups in total. The molecule has 0 atom stereocenters. The number of hydrogen-bond donors (Lipinski definition) is 1. The molecule has 27 heavy (non-hydrogen) atoms. The summed E-state index contributed by atoms with van der Waals surface area (Å²) in [6, 6.07) is 20.6. The Labute approximate surface area is 163 Å². The predicted molar refractivity (Wildman–Crippen MR) is 118 cm³/mol. The number of anilines is 1. The highest BCUT2D eigenvalue weighted by atomic mass is 15.3. The van der Waals surface area contributed by atoms with Gasteiger partial charge in [0.25, 0.3) is 0 Å². The van der Waals surface area contributed by atoms with Gasteiger partial charge in [0.15, 0.2) is 0 Å². The molecule has 0 saturated carbocycles. The molecule has 0 amide bonds. The summed E-state index contributed by atoms with van der Waals surface area (Å²) in [5.41, 5.74) is 4.90. The van der Waals surface area contributed by atoms with Crippen molar-refractivity contribution in [2.24, 2.45) is 5.41 Å². The van der Waals surface area contributed by atoms with Crippen LogP contribution in [0.15, 0.2) is 67.2 Å². The Hall–Kier alpha value is -2.81. The van der Waals surface area contributed by atoms with Crippen molar-refractivity contribution in [2.75, 3.05) is 12.4 Å². The van der Waals surface area contributed by atoms with Crippen molar-refractivity contribution in [3.8, 4) is 5.69 Å². The van der Waals surface area contributed by atoms with Gasteiger partial charge in [-0.15, -0.1) is 0 Å². The molecule has 0 spiro atoms. The molecule has 0 bridgehead atoms. The summed E-state index contributed by atoms with van der Waals surface area (Å²) < 4.78 is 1.97. The Morgan fingerprint density at radius 2 is 1.67 bits per heavy atom. The van der Waals surface area contributed by atoms with Crippen molar-refractivity contribution in [3.05, 3.63) is 84.1 Å². The monoisotopic (exact) mass is 361 g/mol. The summed E-state index contributed by atoms with van der Waals surface area (Å²) in [6.07, 6.45) is 2.81. The second-order valence-corrected chi connectivity index (χ2v) is 7.87. The van der Waals surface area contributed by atoms with Crippen molar-refractivity contribution in [3.63, 3.8) is 0 Å². The lowest BCUT2D eigenvalue weighted by molar-refractivity contribution is 0.405. The fourth-order valence-electron chi connectivity index (χ4n) is 2.71. The Morgan fingerprint density at radius 1 is 1.04 bits per heavy atom. The molecule has 0 aliphatic heterocycles. The molecule has 3 heteroatoms. The van der Waals surface area contributed by atoms with E-state index in [0.717, 1.165) is 23.6 Å². The molecule has 1 heterocycles. The van der Waals surface area contributed by atoms with Crippen LogP contribution in [-0.2, 0) is 6.42 Å². The highest BCUT2D eigenvalue weighted by molar-refractivity contribution is 5.47. The maximum absolute atomic E-state index is 4.72. The van der Waals surface area contributed by atoms with Gasteiger partial charge in [-0.1, -0.05) is 81.5 Å². The number of aryl methyl sites for hydroxylation is 1. The third-order valence-electron chi connectivity index (χ3n) is 4.04. The first-order valence-electron chi connectivity index (χ1n) is 9.33. The van der Waals surface area contributed by atoms with Gasteiger partial charge in [0.1, 0.15) is 5.82 Å². The van der Waals surface area contributed by atoms with Crippen LogP contribution in [0.4, 0.5) is 5.82 Å². The average molecular weight is 362 g/mol. The molecule has 0 aliphatic rings. The van der Waals surface area contributed by atoms with Crippen molar-refractivity contribution < 1.29 is 0 Å². The smallest absolute Gasteiger partial charge is 0.129 e. The zero-order valence-electron chi connectivity index (χ0n) is 17.2. The second kappa shape index (κ2) is 9.22. The van der Waals surface area contributed by atoms with Gasteiger partial charge in [-0.05, 0) is 36.5 Å². The van der Waals surface area contributed by atoms with Gasteiger partial charge in [0.05, 0.1) is 11.4 Å². The molecule has 0 aliphatic carbocycles. The molecule has 0 unspecified atom stereocenters. The van der Waals surface area contributed by atoms with Crippen LogP contribution in [0, 0.1) is 12.3 Å². The molecule has 0 saturated heterocycles. The number of benzene rings is 2. The Balaban J connectivity index is 0.000000273. The van der Waals surface area contributed by atoms with Gasteiger partial charge in [-0.3, -0.25) is 0 Å². The van der Waals surface area contributed by atoms with Crippen LogP contribution in [0.5, 0.6) is 0 Å². The summed E-state index contributed by atoms with van der Waals surface area (Å²) in [5, 5.41) is 7.94. The van der Waals surface area contributed by atoms with Crippen molar-refractivity contribution in [1.82, 2.24) is 9.78 Å². The lowest BCUT2D eigenvalue weighted by Crippen LogP contribution is -2.10. The molecule has 1 aromatic heterocycles. The van der Waals surface area contributed by atoms with E-state index in [-0.39, 0.29) is 5.41 Å². The zero-order valence-corrected chi connectivity index (χ0v) is 17.2. The fraction of sp³-hybridized carbons (Fsp3) is 0.292. The quantitative estimate of drug-likeness (QED) is 0.605. The van der Waals surface area contributed by atoms with E-state index in [9.17, 15) is 0 Å². The Morgan fingerprint density at radius 3 is 2.15 bits per heavy atom. The summed E-state index contributed by atoms with van der Waals surface area (Å²) in [4.78, 5) is 0. The minimum atomic E-state index is 0.247. The first kappa shape index (κ1) is 20.5. The first-order chi connectivity index (χ1) is 12.8. The highest BCUT2D eigenvalue weighted by Crippen LogP contribution is 2.23. The van der Waals surface area contributed by atoms with Crippen LogP contribution in [0.1, 0.15) is 37.6 Å². The Kier molecular flexibility index (Phi) is 7.00. The molecule has 0 fully saturated rings. The van der Waals surface area contributed by atoms with Crippen LogP contribution in [-0.4, -0.2) is 16.8 Å². The maximum Gasteiger partial charge on any atom is 0.129 e. The second-order valence-electron chi connectivity index (χ2n) is 7.87. The van der Waals surface area contributed by atoms with E-state index >= 15 is 0 Å². The maximum atomic E-state index is 4.72. The topological polar surface area (TPSA) is 29.9 Å². The molecule has 3 rings (SSSR count). The normalized spacial score (nSPS) is 10.7. The van der Waals surface area contributed by atoms with Crippen molar-refractivity contribution >= 4 is 11.9 Å². The number of nitrogens with one attached hydrogen (secondary N) is 1. The number of aromatic nitrogens is 2. The molecular formula is C24H31N3. The summed E-state index contributed by atoms with van der Waals surface area (Å²) >= 11 is 0. The standard InChI is InChI=1S/C16H23N3.C8H8/c1-12-6-8-14(9-7-12)19-15(17-5)10-13(18-19)11-16(2,3)4;1-2-8-6-4-3-5-7-8/h6-10,17H,11H2,1-5H3;2-7H,1H2. The van der Waals surface area contributed by atoms with Gasteiger partial charge >= 0.3 is 0 Å². The average Bonchev–Trinajstić information content (AvgIpc) is 3.04. The third-order valence-corrected chi connectivity index (χ3v) is 4.04. The SMILES string of the molecule is C=Cc1ccccc1.CNc1cc(CC(C)(C)C)nn1-c1ccc(C)cc1. The molecule has 3 aromatic rings. The van der Waals surface area contributed by atoms with E-state index in [1.54, 1.807) is 0 Å². The molecular weight excluding hydrogens is 330 g/mol. The number of rotatable bonds is 4. The van der Waals surface area contributed by atoms with Crippen LogP contribution in [0.3, 0.4) is 0 Å². The minimum Gasteiger partial charge on any atom is -0.373 e. The van der Waals surface area contributed by atoms with Gasteiger partial charge in [-0.25, -0.2) is 4.68 Å². The molecule has 2 aromatic carbocycles. The zero-order chi connectivity index (χ0) is 19.9. The Bertz CT molecular complexity index is 838. The van der Waals surface area contributed by atoms with E-state index in [4.69, 9.17) is 5.10 Å². The number of nitrogens with zero attached hydrogens (tertiary/aromatic N) is 2. The molecule has 3 nitrogen and oxygen atoms in total. The third kappa shape index (κ3) is 6.45. The van der Waals surface area contributed by atoms with Crippen molar-refractivity contribution in [1.29, 1.82) is 0 Å². The molecule has 0 radical (unpaired) electrons. The first-order valence-corrected chi connectivity index (χ1v) is 9.33. The van der Waals surface area contributed by atoms with Gasteiger partial charge in [0, 0.05) is 13.1 Å². The summed E-state index contributed by atoms with van der Waals surface area (Å²) in [6.45, 7) is 12.4. The van der Waals surface area contributed by atoms with Gasteiger partial charge < -0.3 is 5.32 Å². The minimum absolute atomic E-state index is 0.247. The van der Waals surface area contributed by atoms with Crippen LogP contribution < -0.4 is 5.32 Å². The summed E-state index contributed by atoms with van der Waals surface area (Å²) in [5.74, 6) is 1.03. The van der Waals surface area contributed by atoms with E-state index < -0.39 is 0 Å². The summed E-state index contributed by atoms with van der Waals surface area (Å²) in [7, 11) is 1.93. The van der Waals surface area contributed by atoms with Gasteiger partial charge in [-0.2, -0.15) is 5.10 Å². The molecule has 142 valence electrons. The van der Waals surface area contributed by atoms with E-state index in [0.29, 0.717) is 0 Å². The largest absolute Gasteiger partial charge is 0.373 e. The van der Waals surface area contributed by atoms with Crippen LogP contribution in [0.25, 0.3) is 11.8 Å². The number of hydrogen-bond acceptors (Lipinski definition) is 2. The van der Waals surface area contributed by atoms with Crippen LogP contribution >= 0.6 is 0 Å². The highest BCUT2D eigenvalue weighted by Gasteiger charge is 2.16. The van der Waals surface area contributed by atoms with E-state index in [1.807, 2.05) is 48.1 Å². The lowest BCUT2D eigenvalue weighted by atomic mass is 9.91. The van der Waals surface area contributed by atoms with E-state index in [1.165, 1.54) is 11.1 Å². The van der Waals surface area contributed by atoms with Crippen LogP contribution in [0.2, 0.25) is 0 Å². The fourth-order valence-corrected chi connectivity index (χ4v) is 2.71. The van der Waals surface area contributed by atoms with E-state index in [2.05, 4.69) is 69.9 Å².